The number of benzene rings is 9. The van der Waals surface area contributed by atoms with Crippen LogP contribution in [-0.2, 0) is 0 Å². The molecule has 264 valence electrons. The van der Waals surface area contributed by atoms with E-state index in [0.29, 0.717) is 8.27 Å². The molecule has 0 radical (unpaired) electrons. The predicted octanol–water partition coefficient (Wildman–Crippen LogP) is 12.7. The quantitative estimate of drug-likeness (QED) is 0.0675. The van der Waals surface area contributed by atoms with Crippen molar-refractivity contribution in [1.82, 2.24) is 0 Å². The van der Waals surface area contributed by atoms with E-state index in [9.17, 15) is 0 Å². The Morgan fingerprint density at radius 3 is 1.65 bits per heavy atom. The van der Waals surface area contributed by atoms with Crippen LogP contribution in [0.1, 0.15) is 6.42 Å². The minimum atomic E-state index is -2.89. The molecule has 0 heterocycles. The normalized spacial score (nSPS) is 13.4. The average Bonchev–Trinajstić information content (AvgIpc) is 3.24. The Hall–Kier alpha value is -4.16. The molecule has 0 aliphatic rings. The first-order valence-corrected chi connectivity index (χ1v) is 27.1. The fraction of sp³-hybridized carbons (Fsp3) is 0.0612. The molecule has 0 amide bonds. The third kappa shape index (κ3) is 6.42. The Kier molecular flexibility index (Phi) is 9.98. The van der Waals surface area contributed by atoms with E-state index in [4.69, 9.17) is 4.74 Å². The minimum absolute atomic E-state index is 0.545. The van der Waals surface area contributed by atoms with E-state index in [0.717, 1.165) is 30.2 Å². The summed E-state index contributed by atoms with van der Waals surface area (Å²) in [6, 6.07) is 73.9. The van der Waals surface area contributed by atoms with E-state index in [1.54, 1.807) is 0 Å². The number of para-hydroxylation sites is 1. The molecule has 9 aromatic carbocycles. The molecule has 0 spiro atoms. The van der Waals surface area contributed by atoms with Crippen LogP contribution < -0.4 is 31.3 Å². The van der Waals surface area contributed by atoms with Crippen molar-refractivity contribution in [2.75, 3.05) is 12.3 Å². The summed E-state index contributed by atoms with van der Waals surface area (Å²) in [7, 11) is 0.166. The Morgan fingerprint density at radius 2 is 1.04 bits per heavy atom. The van der Waals surface area contributed by atoms with E-state index in [2.05, 4.69) is 192 Å². The van der Waals surface area contributed by atoms with Crippen LogP contribution in [0.5, 0.6) is 11.5 Å². The van der Waals surface area contributed by atoms with E-state index >= 15 is 0 Å². The second-order valence-corrected chi connectivity index (χ2v) is 29.5. The van der Waals surface area contributed by atoms with E-state index < -0.39 is 11.9 Å². The summed E-state index contributed by atoms with van der Waals surface area (Å²) < 4.78 is 3.75. The second kappa shape index (κ2) is 15.2. The van der Waals surface area contributed by atoms with Crippen molar-refractivity contribution in [2.24, 2.45) is 0 Å². The Balaban J connectivity index is 1.18. The predicted molar refractivity (Wildman–Crippen MR) is 251 cm³/mol. The van der Waals surface area contributed by atoms with Gasteiger partial charge in [-0.25, -0.2) is 0 Å². The molecule has 5 heteroatoms. The van der Waals surface area contributed by atoms with E-state index in [1.807, 2.05) is 30.3 Å². The molecule has 1 nitrogen and oxygen atoms in total. The van der Waals surface area contributed by atoms with Crippen molar-refractivity contribution in [1.29, 1.82) is 0 Å². The monoisotopic (exact) mass is 864 g/mol. The van der Waals surface area contributed by atoms with Gasteiger partial charge in [-0.05, 0) is 0 Å². The first kappa shape index (κ1) is 35.5. The zero-order chi connectivity index (χ0) is 36.4. The SMILES string of the molecule is IP(CCCP(Pc1ccccc1)c1ccc2c(Oc3ccccc3)cc3cccc4ccc1c2c43)(c1ccccc1)(c1ccccc1)c1ccccc1. The molecule has 54 heavy (non-hydrogen) atoms. The first-order valence-electron chi connectivity index (χ1n) is 18.5. The van der Waals surface area contributed by atoms with Gasteiger partial charge in [-0.2, -0.15) is 0 Å². The molecule has 0 fully saturated rings. The molecule has 0 aliphatic heterocycles. The van der Waals surface area contributed by atoms with Gasteiger partial charge in [0.05, 0.1) is 0 Å². The van der Waals surface area contributed by atoms with Crippen LogP contribution in [0, 0.1) is 0 Å². The number of rotatable bonds is 12. The number of ether oxygens (including phenoxy) is 1. The van der Waals surface area contributed by atoms with Crippen LogP contribution >= 0.6 is 42.2 Å². The molecule has 2 atom stereocenters. The third-order valence-electron chi connectivity index (χ3n) is 10.7. The number of hydrogen-bond donors (Lipinski definition) is 0. The second-order valence-electron chi connectivity index (χ2n) is 13.9. The zero-order valence-corrected chi connectivity index (χ0v) is 34.8. The standard InChI is InChI=1S/C49H40IOP3/c50-54(41-24-10-3-11-25-41,42-26-12-4-13-27-42,43-28-14-5-15-29-43)35-17-34-53(52-40-22-8-2-9-23-40)47-33-32-44-46(51-39-20-6-1-7-21-39)36-38-19-16-18-37-30-31-45(47)49(44)48(37)38/h1-16,18-33,36,52H,17,34-35H2. The van der Waals surface area contributed by atoms with Gasteiger partial charge in [-0.3, -0.25) is 0 Å². The summed E-state index contributed by atoms with van der Waals surface area (Å²) in [6.07, 6.45) is 3.37. The maximum atomic E-state index is 6.64. The Labute approximate surface area is 334 Å². The van der Waals surface area contributed by atoms with Crippen molar-refractivity contribution >= 4 is 101 Å². The third-order valence-corrected chi connectivity index (χ3v) is 28.0. The van der Waals surface area contributed by atoms with E-state index in [1.165, 1.54) is 58.8 Å². The molecule has 0 aliphatic carbocycles. The van der Waals surface area contributed by atoms with Gasteiger partial charge < -0.3 is 0 Å². The van der Waals surface area contributed by atoms with Gasteiger partial charge in [0.2, 0.25) is 0 Å². The van der Waals surface area contributed by atoms with Gasteiger partial charge in [0.25, 0.3) is 0 Å². The van der Waals surface area contributed by atoms with Crippen LogP contribution in [-0.4, -0.2) is 12.3 Å². The maximum absolute atomic E-state index is 6.64. The summed E-state index contributed by atoms with van der Waals surface area (Å²) in [5, 5.41) is 15.0. The van der Waals surface area contributed by atoms with Crippen molar-refractivity contribution < 1.29 is 4.74 Å². The summed E-state index contributed by atoms with van der Waals surface area (Å²) >= 11 is 2.96. The van der Waals surface area contributed by atoms with Gasteiger partial charge in [0.1, 0.15) is 0 Å². The molecule has 0 N–H and O–H groups in total. The molecule has 9 aromatic rings. The summed E-state index contributed by atoms with van der Waals surface area (Å²) in [4.78, 5) is 0. The van der Waals surface area contributed by atoms with Gasteiger partial charge in [0.15, 0.2) is 0 Å². The van der Waals surface area contributed by atoms with Crippen LogP contribution in [0.25, 0.3) is 32.3 Å². The van der Waals surface area contributed by atoms with Crippen molar-refractivity contribution in [3.05, 3.63) is 200 Å². The fourth-order valence-electron chi connectivity index (χ4n) is 8.20. The van der Waals surface area contributed by atoms with Gasteiger partial charge in [-0.15, -0.1) is 0 Å². The molecule has 0 saturated carbocycles. The summed E-state index contributed by atoms with van der Waals surface area (Å²) in [6.45, 7) is 0. The van der Waals surface area contributed by atoms with Crippen LogP contribution in [0.3, 0.4) is 0 Å². The van der Waals surface area contributed by atoms with Crippen LogP contribution in [0.15, 0.2) is 200 Å². The molecular weight excluding hydrogens is 824 g/mol. The van der Waals surface area contributed by atoms with E-state index in [-0.39, 0.29) is 0 Å². The van der Waals surface area contributed by atoms with Crippen LogP contribution in [0.2, 0.25) is 0 Å². The molecular formula is C49H40IOP3. The van der Waals surface area contributed by atoms with Gasteiger partial charge in [-0.1, -0.05) is 18.2 Å². The molecule has 0 bridgehead atoms. The molecule has 0 saturated heterocycles. The van der Waals surface area contributed by atoms with Crippen molar-refractivity contribution in [3.63, 3.8) is 0 Å². The van der Waals surface area contributed by atoms with Gasteiger partial charge in [0, 0.05) is 0 Å². The average molecular weight is 865 g/mol. The molecule has 9 rings (SSSR count). The van der Waals surface area contributed by atoms with Gasteiger partial charge >= 0.3 is 318 Å². The Bertz CT molecular complexity index is 2560. The summed E-state index contributed by atoms with van der Waals surface area (Å²) in [5.74, 6) is 1.77. The molecule has 0 aromatic heterocycles. The zero-order valence-electron chi connectivity index (χ0n) is 29.9. The van der Waals surface area contributed by atoms with Crippen LogP contribution in [0.4, 0.5) is 0 Å². The topological polar surface area (TPSA) is 9.23 Å². The van der Waals surface area contributed by atoms with Crippen molar-refractivity contribution in [2.45, 2.75) is 6.42 Å². The summed E-state index contributed by atoms with van der Waals surface area (Å²) in [5.41, 5.74) is 0. The Morgan fingerprint density at radius 1 is 0.500 bits per heavy atom. The number of halogens is 1. The first-order chi connectivity index (χ1) is 26.6. The number of hydrogen-bond acceptors (Lipinski definition) is 1. The fourth-order valence-corrected chi connectivity index (χ4v) is 22.6. The van der Waals surface area contributed by atoms with Crippen molar-refractivity contribution in [3.8, 4) is 11.5 Å². The molecule has 2 unspecified atom stereocenters.